The van der Waals surface area contributed by atoms with Crippen LogP contribution >= 0.6 is 11.8 Å². The van der Waals surface area contributed by atoms with Crippen LogP contribution in [0, 0.1) is 6.92 Å². The van der Waals surface area contributed by atoms with Crippen molar-refractivity contribution in [3.63, 3.8) is 0 Å². The molecule has 0 spiro atoms. The summed E-state index contributed by atoms with van der Waals surface area (Å²) in [7, 11) is 0. The zero-order valence-corrected chi connectivity index (χ0v) is 14.4. The Kier molecular flexibility index (Phi) is 3.93. The van der Waals surface area contributed by atoms with Gasteiger partial charge in [-0.2, -0.15) is 0 Å². The summed E-state index contributed by atoms with van der Waals surface area (Å²) in [6.45, 7) is 2.01. The number of H-pyrrole nitrogens is 1. The second-order valence-electron chi connectivity index (χ2n) is 6.01. The molecule has 0 atom stereocenters. The molecule has 2 aromatic heterocycles. The highest BCUT2D eigenvalue weighted by Gasteiger charge is 2.15. The third-order valence-corrected chi connectivity index (χ3v) is 5.24. The number of carboxylic acids is 1. The molecule has 0 amide bonds. The minimum Gasteiger partial charge on any atom is -0.478 e. The minimum atomic E-state index is -0.925. The number of fused-ring (bicyclic) bond motifs is 3. The number of thioether (sulfide) groups is 1. The van der Waals surface area contributed by atoms with Crippen LogP contribution in [0.4, 0.5) is 0 Å². The maximum Gasteiger partial charge on any atom is 0.335 e. The predicted molar refractivity (Wildman–Crippen MR) is 101 cm³/mol. The lowest BCUT2D eigenvalue weighted by Gasteiger charge is -2.07. The summed E-state index contributed by atoms with van der Waals surface area (Å²) in [5.41, 5.74) is 4.16. The van der Waals surface area contributed by atoms with Crippen molar-refractivity contribution in [1.82, 2.24) is 9.97 Å². The van der Waals surface area contributed by atoms with Crippen LogP contribution in [-0.2, 0) is 5.75 Å². The Hall–Kier alpha value is -2.79. The zero-order valence-electron chi connectivity index (χ0n) is 13.6. The molecule has 4 nitrogen and oxygen atoms in total. The average molecular weight is 348 g/mol. The van der Waals surface area contributed by atoms with Gasteiger partial charge in [0.2, 0.25) is 0 Å². The molecule has 2 heterocycles. The van der Waals surface area contributed by atoms with Crippen LogP contribution in [0.1, 0.15) is 21.5 Å². The molecule has 0 saturated heterocycles. The summed E-state index contributed by atoms with van der Waals surface area (Å²) in [5, 5.41) is 11.5. The van der Waals surface area contributed by atoms with E-state index in [0.717, 1.165) is 38.1 Å². The Balaban J connectivity index is 1.88. The van der Waals surface area contributed by atoms with E-state index in [1.807, 2.05) is 31.3 Å². The van der Waals surface area contributed by atoms with Gasteiger partial charge in [-0.1, -0.05) is 30.3 Å². The van der Waals surface area contributed by atoms with Gasteiger partial charge in [0.05, 0.1) is 5.56 Å². The predicted octanol–water partition coefficient (Wildman–Crippen LogP) is 5.02. The lowest BCUT2D eigenvalue weighted by molar-refractivity contribution is 0.0697. The summed E-state index contributed by atoms with van der Waals surface area (Å²) in [4.78, 5) is 20.1. The summed E-state index contributed by atoms with van der Waals surface area (Å²) in [6, 6.07) is 15.7. The van der Waals surface area contributed by atoms with Crippen LogP contribution in [0.15, 0.2) is 59.6 Å². The van der Waals surface area contributed by atoms with Gasteiger partial charge in [0.15, 0.2) is 0 Å². The third kappa shape index (κ3) is 2.98. The standard InChI is InChI=1S/C20H16N2O2S/c1-12-7-15-18-16(22-19(15)21-10-12)8-14(20(23)24)9-17(18)25-11-13-5-3-2-4-6-13/h2-10H,11H2,1H3,(H,21,22)(H,23,24). The molecule has 25 heavy (non-hydrogen) atoms. The van der Waals surface area contributed by atoms with Gasteiger partial charge in [-0.15, -0.1) is 11.8 Å². The molecular weight excluding hydrogens is 332 g/mol. The smallest absolute Gasteiger partial charge is 0.335 e. The first-order chi connectivity index (χ1) is 12.1. The molecule has 0 aliphatic heterocycles. The lowest BCUT2D eigenvalue weighted by atomic mass is 10.1. The van der Waals surface area contributed by atoms with Crippen molar-refractivity contribution in [2.45, 2.75) is 17.6 Å². The number of pyridine rings is 1. The summed E-state index contributed by atoms with van der Waals surface area (Å²) in [6.07, 6.45) is 1.81. The largest absolute Gasteiger partial charge is 0.478 e. The SMILES string of the molecule is Cc1cnc2[nH]c3cc(C(=O)O)cc(SCc4ccccc4)c3c2c1. The number of benzene rings is 2. The van der Waals surface area contributed by atoms with Crippen molar-refractivity contribution in [2.24, 2.45) is 0 Å². The van der Waals surface area contributed by atoms with Crippen LogP contribution in [0.25, 0.3) is 21.9 Å². The number of nitrogens with one attached hydrogen (secondary N) is 1. The molecule has 4 rings (SSSR count). The van der Waals surface area contributed by atoms with Gasteiger partial charge in [-0.3, -0.25) is 0 Å². The molecule has 2 aromatic carbocycles. The number of aromatic amines is 1. The van der Waals surface area contributed by atoms with Crippen LogP contribution < -0.4 is 0 Å². The number of aromatic carboxylic acids is 1. The molecule has 124 valence electrons. The summed E-state index contributed by atoms with van der Waals surface area (Å²) in [5.74, 6) is -0.142. The Morgan fingerprint density at radius 2 is 2.00 bits per heavy atom. The molecule has 4 aromatic rings. The summed E-state index contributed by atoms with van der Waals surface area (Å²) < 4.78 is 0. The quantitative estimate of drug-likeness (QED) is 0.509. The number of hydrogen-bond donors (Lipinski definition) is 2. The van der Waals surface area contributed by atoms with E-state index in [1.54, 1.807) is 23.9 Å². The van der Waals surface area contributed by atoms with Crippen LogP contribution in [0.5, 0.6) is 0 Å². The highest BCUT2D eigenvalue weighted by molar-refractivity contribution is 7.98. The zero-order chi connectivity index (χ0) is 17.4. The Morgan fingerprint density at radius 1 is 1.20 bits per heavy atom. The van der Waals surface area contributed by atoms with Gasteiger partial charge in [0.1, 0.15) is 5.65 Å². The molecule has 5 heteroatoms. The van der Waals surface area contributed by atoms with E-state index in [4.69, 9.17) is 0 Å². The topological polar surface area (TPSA) is 66.0 Å². The molecule has 0 aliphatic carbocycles. The van der Waals surface area contributed by atoms with Gasteiger partial charge < -0.3 is 10.1 Å². The van der Waals surface area contributed by atoms with Gasteiger partial charge in [-0.25, -0.2) is 9.78 Å². The van der Waals surface area contributed by atoms with Gasteiger partial charge >= 0.3 is 5.97 Å². The van der Waals surface area contributed by atoms with Crippen molar-refractivity contribution >= 4 is 39.7 Å². The fraction of sp³-hybridized carbons (Fsp3) is 0.100. The molecule has 0 aliphatic rings. The first-order valence-corrected chi connectivity index (χ1v) is 8.92. The van der Waals surface area contributed by atoms with E-state index in [1.165, 1.54) is 5.56 Å². The van der Waals surface area contributed by atoms with Gasteiger partial charge in [0.25, 0.3) is 0 Å². The normalized spacial score (nSPS) is 11.2. The number of carbonyl (C=O) groups is 1. The number of carboxylic acid groups (broad SMARTS) is 1. The van der Waals surface area contributed by atoms with Crippen molar-refractivity contribution in [1.29, 1.82) is 0 Å². The number of aromatic nitrogens is 2. The minimum absolute atomic E-state index is 0.284. The van der Waals surface area contributed by atoms with E-state index in [2.05, 4.69) is 28.2 Å². The van der Waals surface area contributed by atoms with Gasteiger partial charge in [0, 0.05) is 33.1 Å². The van der Waals surface area contributed by atoms with Crippen molar-refractivity contribution in [3.8, 4) is 0 Å². The van der Waals surface area contributed by atoms with Crippen LogP contribution in [0.2, 0.25) is 0 Å². The highest BCUT2D eigenvalue weighted by Crippen LogP contribution is 2.36. The maximum absolute atomic E-state index is 11.5. The second kappa shape index (κ2) is 6.26. The monoisotopic (exact) mass is 348 g/mol. The van der Waals surface area contributed by atoms with Crippen molar-refractivity contribution in [2.75, 3.05) is 0 Å². The first kappa shape index (κ1) is 15.7. The Labute approximate surface area is 148 Å². The van der Waals surface area contributed by atoms with E-state index < -0.39 is 5.97 Å². The molecule has 0 radical (unpaired) electrons. The van der Waals surface area contributed by atoms with Crippen molar-refractivity contribution < 1.29 is 9.90 Å². The molecule has 2 N–H and O–H groups in total. The van der Waals surface area contributed by atoms with E-state index in [9.17, 15) is 9.90 Å². The molecule has 0 unspecified atom stereocenters. The Bertz CT molecular complexity index is 1090. The van der Waals surface area contributed by atoms with Gasteiger partial charge in [-0.05, 0) is 36.2 Å². The molecule has 0 bridgehead atoms. The van der Waals surface area contributed by atoms with E-state index in [-0.39, 0.29) is 5.56 Å². The third-order valence-electron chi connectivity index (χ3n) is 4.13. The molecule has 0 saturated carbocycles. The van der Waals surface area contributed by atoms with Crippen LogP contribution in [-0.4, -0.2) is 21.0 Å². The number of aryl methyl sites for hydroxylation is 1. The fourth-order valence-corrected chi connectivity index (χ4v) is 4.04. The molecular formula is C20H16N2O2S. The number of nitrogens with zero attached hydrogens (tertiary/aromatic N) is 1. The van der Waals surface area contributed by atoms with Crippen LogP contribution in [0.3, 0.4) is 0 Å². The first-order valence-electron chi connectivity index (χ1n) is 7.94. The highest BCUT2D eigenvalue weighted by atomic mass is 32.2. The van der Waals surface area contributed by atoms with Crippen molar-refractivity contribution in [3.05, 3.63) is 71.4 Å². The average Bonchev–Trinajstić information content (AvgIpc) is 2.98. The number of rotatable bonds is 4. The maximum atomic E-state index is 11.5. The molecule has 0 fully saturated rings. The van der Waals surface area contributed by atoms with E-state index in [0.29, 0.717) is 0 Å². The lowest BCUT2D eigenvalue weighted by Crippen LogP contribution is -1.96. The fourth-order valence-electron chi connectivity index (χ4n) is 2.95. The van der Waals surface area contributed by atoms with E-state index >= 15 is 0 Å². The summed E-state index contributed by atoms with van der Waals surface area (Å²) >= 11 is 1.65. The second-order valence-corrected chi connectivity index (χ2v) is 7.03. The number of hydrogen-bond acceptors (Lipinski definition) is 3. The Morgan fingerprint density at radius 3 is 2.76 bits per heavy atom.